The van der Waals surface area contributed by atoms with Crippen LogP contribution in [0.1, 0.15) is 53.9 Å². The minimum Gasteiger partial charge on any atom is -0.340 e. The van der Waals surface area contributed by atoms with E-state index in [1.54, 1.807) is 6.92 Å². The second-order valence-corrected chi connectivity index (χ2v) is 9.03. The summed E-state index contributed by atoms with van der Waals surface area (Å²) in [5, 5.41) is 4.09. The Morgan fingerprint density at radius 2 is 1.86 bits per heavy atom. The van der Waals surface area contributed by atoms with Crippen molar-refractivity contribution < 1.29 is 9.63 Å². The largest absolute Gasteiger partial charge is 0.340 e. The first kappa shape index (κ1) is 24.0. The Kier molecular flexibility index (Phi) is 9.27. The fourth-order valence-electron chi connectivity index (χ4n) is 3.24. The molecule has 162 valence electrons. The summed E-state index contributed by atoms with van der Waals surface area (Å²) in [5.74, 6) is 0.454. The molecule has 0 fully saturated rings. The zero-order valence-corrected chi connectivity index (χ0v) is 20.3. The number of rotatable bonds is 10. The zero-order valence-electron chi connectivity index (χ0n) is 17.9. The average molecular weight is 488 g/mol. The maximum Gasteiger partial charge on any atom is 0.254 e. The van der Waals surface area contributed by atoms with Gasteiger partial charge in [-0.1, -0.05) is 55.2 Å². The number of carbonyl (C=O) groups is 1. The van der Waals surface area contributed by atoms with Crippen LogP contribution in [0.4, 0.5) is 5.69 Å². The Hall–Kier alpha value is -1.28. The highest BCUT2D eigenvalue weighted by Crippen LogP contribution is 2.31. The van der Waals surface area contributed by atoms with Crippen LogP contribution in [0.25, 0.3) is 0 Å². The number of benzene rings is 1. The Bertz CT molecular complexity index is 702. The number of hydrogen-bond donors (Lipinski definition) is 1. The van der Waals surface area contributed by atoms with Crippen molar-refractivity contribution in [3.05, 3.63) is 39.6 Å². The molecular formula is C21H32BrClN4O2. The molecule has 6 nitrogen and oxygen atoms in total. The standard InChI is InChI=1S/C21H32BrClN4O2/c1-6-8-25(9-7-2)21(28)16(5)29-26-14-20(10-15(3)4)27(24-26)19-12-17(22)11-18(23)13-19/h11-16,24H,6-10H2,1-5H3. The van der Waals surface area contributed by atoms with Gasteiger partial charge < -0.3 is 4.90 Å². The second-order valence-electron chi connectivity index (χ2n) is 7.68. The van der Waals surface area contributed by atoms with Crippen molar-refractivity contribution in [2.45, 2.75) is 60.0 Å². The van der Waals surface area contributed by atoms with Crippen LogP contribution in [0.5, 0.6) is 0 Å². The second kappa shape index (κ2) is 11.2. The van der Waals surface area contributed by atoms with Gasteiger partial charge in [-0.05, 0) is 50.3 Å². The first-order chi connectivity index (χ1) is 13.7. The molecule has 0 aliphatic carbocycles. The number of hydrazine groups is 2. The van der Waals surface area contributed by atoms with E-state index in [1.165, 1.54) is 5.17 Å². The molecule has 1 heterocycles. The van der Waals surface area contributed by atoms with Crippen LogP contribution < -0.4 is 10.5 Å². The molecule has 1 aromatic rings. The van der Waals surface area contributed by atoms with Gasteiger partial charge in [-0.2, -0.15) is 5.17 Å². The van der Waals surface area contributed by atoms with Crippen LogP contribution >= 0.6 is 27.5 Å². The van der Waals surface area contributed by atoms with Gasteiger partial charge in [0.25, 0.3) is 5.91 Å². The van der Waals surface area contributed by atoms with Crippen molar-refractivity contribution in [3.63, 3.8) is 0 Å². The molecule has 0 radical (unpaired) electrons. The summed E-state index contributed by atoms with van der Waals surface area (Å²) in [6.07, 6.45) is 4.00. The summed E-state index contributed by atoms with van der Waals surface area (Å²) in [6, 6.07) is 5.71. The van der Waals surface area contributed by atoms with Gasteiger partial charge in [-0.3, -0.25) is 9.80 Å². The number of anilines is 1. The quantitative estimate of drug-likeness (QED) is 0.472. The van der Waals surface area contributed by atoms with Gasteiger partial charge in [0, 0.05) is 22.6 Å². The smallest absolute Gasteiger partial charge is 0.254 e. The fourth-order valence-corrected chi connectivity index (χ4v) is 4.08. The van der Waals surface area contributed by atoms with E-state index in [0.29, 0.717) is 10.9 Å². The summed E-state index contributed by atoms with van der Waals surface area (Å²) in [5.41, 5.74) is 5.13. The van der Waals surface area contributed by atoms with Crippen molar-refractivity contribution in [3.8, 4) is 0 Å². The van der Waals surface area contributed by atoms with Gasteiger partial charge in [0.2, 0.25) is 0 Å². The number of hydroxylamine groups is 1. The summed E-state index contributed by atoms with van der Waals surface area (Å²) >= 11 is 9.74. The first-order valence-electron chi connectivity index (χ1n) is 10.2. The number of amides is 1. The normalized spacial score (nSPS) is 15.1. The number of halogens is 2. The molecule has 0 saturated carbocycles. The van der Waals surface area contributed by atoms with E-state index in [4.69, 9.17) is 16.4 Å². The number of hydrogen-bond acceptors (Lipinski definition) is 5. The molecule has 1 aliphatic rings. The van der Waals surface area contributed by atoms with Crippen LogP contribution in [0.15, 0.2) is 34.6 Å². The molecule has 1 aliphatic heterocycles. The van der Waals surface area contributed by atoms with Crippen LogP contribution in [-0.4, -0.2) is 35.2 Å². The number of nitrogens with zero attached hydrogens (tertiary/aromatic N) is 3. The Morgan fingerprint density at radius 3 is 2.41 bits per heavy atom. The number of allylic oxidation sites excluding steroid dienone is 1. The molecule has 8 heteroatoms. The molecule has 1 aromatic carbocycles. The van der Waals surface area contributed by atoms with E-state index in [0.717, 1.165) is 48.2 Å². The van der Waals surface area contributed by atoms with Gasteiger partial charge in [0.1, 0.15) is 0 Å². The topological polar surface area (TPSA) is 48.1 Å². The van der Waals surface area contributed by atoms with Gasteiger partial charge in [-0.25, -0.2) is 4.84 Å². The first-order valence-corrected chi connectivity index (χ1v) is 11.4. The van der Waals surface area contributed by atoms with E-state index < -0.39 is 6.10 Å². The third kappa shape index (κ3) is 6.88. The third-order valence-corrected chi connectivity index (χ3v) is 5.07. The highest BCUT2D eigenvalue weighted by Gasteiger charge is 2.28. The fraction of sp³-hybridized carbons (Fsp3) is 0.571. The van der Waals surface area contributed by atoms with Crippen LogP contribution in [0, 0.1) is 5.92 Å². The summed E-state index contributed by atoms with van der Waals surface area (Å²) in [6.45, 7) is 11.7. The predicted molar refractivity (Wildman–Crippen MR) is 122 cm³/mol. The summed E-state index contributed by atoms with van der Waals surface area (Å²) in [4.78, 5) is 20.6. The third-order valence-electron chi connectivity index (χ3n) is 4.39. The van der Waals surface area contributed by atoms with Crippen LogP contribution in [0.3, 0.4) is 0 Å². The van der Waals surface area contributed by atoms with Crippen molar-refractivity contribution in [2.75, 3.05) is 18.1 Å². The zero-order chi connectivity index (χ0) is 21.6. The molecule has 1 N–H and O–H groups in total. The lowest BCUT2D eigenvalue weighted by molar-refractivity contribution is -0.197. The molecule has 1 unspecified atom stereocenters. The van der Waals surface area contributed by atoms with Crippen molar-refractivity contribution >= 4 is 39.1 Å². The minimum absolute atomic E-state index is 0.00161. The van der Waals surface area contributed by atoms with Crippen molar-refractivity contribution in [1.29, 1.82) is 0 Å². The lowest BCUT2D eigenvalue weighted by Gasteiger charge is -2.29. The Labute approximate surface area is 187 Å². The van der Waals surface area contributed by atoms with Gasteiger partial charge in [0.15, 0.2) is 6.10 Å². The SMILES string of the molecule is CCCN(CCC)C(=O)C(C)ON1C=C(CC(C)C)N(c2cc(Cl)cc(Br)c2)N1. The molecule has 2 rings (SSSR count). The summed E-state index contributed by atoms with van der Waals surface area (Å²) in [7, 11) is 0. The van der Waals surface area contributed by atoms with E-state index in [-0.39, 0.29) is 5.91 Å². The van der Waals surface area contributed by atoms with E-state index in [2.05, 4.69) is 49.2 Å². The molecule has 29 heavy (non-hydrogen) atoms. The predicted octanol–water partition coefficient (Wildman–Crippen LogP) is 5.50. The van der Waals surface area contributed by atoms with E-state index in [1.807, 2.05) is 34.3 Å². The van der Waals surface area contributed by atoms with E-state index >= 15 is 0 Å². The van der Waals surface area contributed by atoms with E-state index in [9.17, 15) is 4.79 Å². The van der Waals surface area contributed by atoms with Crippen molar-refractivity contribution in [2.24, 2.45) is 5.92 Å². The van der Waals surface area contributed by atoms with Crippen LogP contribution in [-0.2, 0) is 9.63 Å². The highest BCUT2D eigenvalue weighted by atomic mass is 79.9. The van der Waals surface area contributed by atoms with Crippen molar-refractivity contribution in [1.82, 2.24) is 15.6 Å². The molecular weight excluding hydrogens is 456 g/mol. The Morgan fingerprint density at radius 1 is 1.21 bits per heavy atom. The average Bonchev–Trinajstić information content (AvgIpc) is 3.01. The highest BCUT2D eigenvalue weighted by molar-refractivity contribution is 9.10. The molecule has 1 amide bonds. The molecule has 0 aromatic heterocycles. The Balaban J connectivity index is 2.15. The number of nitrogens with one attached hydrogen (secondary N) is 1. The maximum atomic E-state index is 12.8. The molecule has 0 saturated heterocycles. The number of carbonyl (C=O) groups excluding carboxylic acids is 1. The van der Waals surface area contributed by atoms with Gasteiger partial charge >= 0.3 is 0 Å². The van der Waals surface area contributed by atoms with Crippen LogP contribution in [0.2, 0.25) is 5.02 Å². The monoisotopic (exact) mass is 486 g/mol. The van der Waals surface area contributed by atoms with Gasteiger partial charge in [-0.15, -0.1) is 5.53 Å². The minimum atomic E-state index is -0.594. The van der Waals surface area contributed by atoms with Gasteiger partial charge in [0.05, 0.1) is 17.6 Å². The molecule has 0 bridgehead atoms. The lowest BCUT2D eigenvalue weighted by Crippen LogP contribution is -2.46. The maximum absolute atomic E-state index is 12.8. The summed E-state index contributed by atoms with van der Waals surface area (Å²) < 4.78 is 0.892. The molecule has 0 spiro atoms. The lowest BCUT2D eigenvalue weighted by atomic mass is 10.1. The molecule has 1 atom stereocenters.